The first-order chi connectivity index (χ1) is 7.26. The third-order valence-electron chi connectivity index (χ3n) is 3.14. The normalized spacial score (nSPS) is 17.7. The van der Waals surface area contributed by atoms with Crippen LogP contribution >= 0.6 is 0 Å². The van der Waals surface area contributed by atoms with E-state index in [0.29, 0.717) is 0 Å². The van der Waals surface area contributed by atoms with Crippen molar-refractivity contribution in [3.63, 3.8) is 0 Å². The van der Waals surface area contributed by atoms with Gasteiger partial charge in [0, 0.05) is 0 Å². The molecule has 82 valence electrons. The molecular weight excluding hydrogens is 186 g/mol. The van der Waals surface area contributed by atoms with Gasteiger partial charge in [0.15, 0.2) is 0 Å². The highest BCUT2D eigenvalue weighted by Gasteiger charge is 2.43. The van der Waals surface area contributed by atoms with E-state index in [1.165, 1.54) is 5.56 Å². The first kappa shape index (κ1) is 10.7. The van der Waals surface area contributed by atoms with Crippen molar-refractivity contribution in [1.82, 2.24) is 0 Å². The second-order valence-corrected chi connectivity index (χ2v) is 4.43. The van der Waals surface area contributed by atoms with Gasteiger partial charge in [-0.1, -0.05) is 24.3 Å². The van der Waals surface area contributed by atoms with Gasteiger partial charge in [0.05, 0.1) is 5.60 Å². The molecule has 0 atom stereocenters. The minimum absolute atomic E-state index is 0.501. The van der Waals surface area contributed by atoms with Gasteiger partial charge in [-0.15, -0.1) is 0 Å². The van der Waals surface area contributed by atoms with Crippen LogP contribution in [0.25, 0.3) is 0 Å². The van der Waals surface area contributed by atoms with E-state index in [4.69, 9.17) is 5.73 Å². The SMILES string of the molecule is NCCCCc1ccccc1C1(O)CC1. The summed E-state index contributed by atoms with van der Waals surface area (Å²) >= 11 is 0. The number of nitrogens with two attached hydrogens (primary N) is 1. The summed E-state index contributed by atoms with van der Waals surface area (Å²) in [6.07, 6.45) is 5.05. The molecule has 0 unspecified atom stereocenters. The first-order valence-electron chi connectivity index (χ1n) is 5.77. The molecule has 0 radical (unpaired) electrons. The van der Waals surface area contributed by atoms with Crippen LogP contribution in [0.4, 0.5) is 0 Å². The molecule has 15 heavy (non-hydrogen) atoms. The van der Waals surface area contributed by atoms with Crippen LogP contribution in [-0.4, -0.2) is 11.7 Å². The highest BCUT2D eigenvalue weighted by Crippen LogP contribution is 2.46. The summed E-state index contributed by atoms with van der Waals surface area (Å²) in [5.74, 6) is 0. The summed E-state index contributed by atoms with van der Waals surface area (Å²) in [6.45, 7) is 0.756. The lowest BCUT2D eigenvalue weighted by Crippen LogP contribution is -2.08. The van der Waals surface area contributed by atoms with Crippen LogP contribution < -0.4 is 5.73 Å². The summed E-state index contributed by atoms with van der Waals surface area (Å²) in [7, 11) is 0. The Hall–Kier alpha value is -0.860. The zero-order valence-electron chi connectivity index (χ0n) is 9.08. The van der Waals surface area contributed by atoms with Crippen molar-refractivity contribution in [3.05, 3.63) is 35.4 Å². The van der Waals surface area contributed by atoms with Gasteiger partial charge in [-0.3, -0.25) is 0 Å². The van der Waals surface area contributed by atoms with Crippen molar-refractivity contribution in [3.8, 4) is 0 Å². The number of hydrogen-bond donors (Lipinski definition) is 2. The van der Waals surface area contributed by atoms with E-state index in [9.17, 15) is 5.11 Å². The smallest absolute Gasteiger partial charge is 0.0901 e. The van der Waals surface area contributed by atoms with Crippen molar-refractivity contribution >= 4 is 0 Å². The Kier molecular flexibility index (Phi) is 3.08. The van der Waals surface area contributed by atoms with Crippen LogP contribution in [0.2, 0.25) is 0 Å². The van der Waals surface area contributed by atoms with Crippen LogP contribution in [-0.2, 0) is 12.0 Å². The maximum absolute atomic E-state index is 10.1. The van der Waals surface area contributed by atoms with E-state index in [-0.39, 0.29) is 0 Å². The molecular formula is C13H19NO. The van der Waals surface area contributed by atoms with Crippen molar-refractivity contribution in [2.24, 2.45) is 5.73 Å². The minimum Gasteiger partial charge on any atom is -0.385 e. The molecule has 1 aliphatic carbocycles. The molecule has 1 aromatic rings. The van der Waals surface area contributed by atoms with Crippen molar-refractivity contribution in [2.45, 2.75) is 37.7 Å². The summed E-state index contributed by atoms with van der Waals surface area (Å²) in [6, 6.07) is 8.25. The molecule has 0 aliphatic heterocycles. The number of rotatable bonds is 5. The fraction of sp³-hybridized carbons (Fsp3) is 0.538. The summed E-state index contributed by atoms with van der Waals surface area (Å²) in [5.41, 5.74) is 7.42. The zero-order chi connectivity index (χ0) is 10.7. The van der Waals surface area contributed by atoms with Crippen LogP contribution in [0, 0.1) is 0 Å². The maximum Gasteiger partial charge on any atom is 0.0901 e. The van der Waals surface area contributed by atoms with Gasteiger partial charge in [0.2, 0.25) is 0 Å². The molecule has 1 aromatic carbocycles. The molecule has 1 saturated carbocycles. The standard InChI is InChI=1S/C13H19NO/c14-10-4-3-6-11-5-1-2-7-12(11)13(15)8-9-13/h1-2,5,7,15H,3-4,6,8-10,14H2. The van der Waals surface area contributed by atoms with Gasteiger partial charge in [-0.05, 0) is 49.8 Å². The third-order valence-corrected chi connectivity index (χ3v) is 3.14. The molecule has 2 nitrogen and oxygen atoms in total. The Morgan fingerprint density at radius 1 is 1.20 bits per heavy atom. The number of aryl methyl sites for hydroxylation is 1. The van der Waals surface area contributed by atoms with Crippen LogP contribution in [0.15, 0.2) is 24.3 Å². The average molecular weight is 205 g/mol. The van der Waals surface area contributed by atoms with Crippen LogP contribution in [0.5, 0.6) is 0 Å². The molecule has 0 bridgehead atoms. The largest absolute Gasteiger partial charge is 0.385 e. The van der Waals surface area contributed by atoms with E-state index in [1.807, 2.05) is 12.1 Å². The molecule has 1 aliphatic rings. The molecule has 2 heteroatoms. The monoisotopic (exact) mass is 205 g/mol. The van der Waals surface area contributed by atoms with Gasteiger partial charge < -0.3 is 10.8 Å². The van der Waals surface area contributed by atoms with E-state index in [1.54, 1.807) is 0 Å². The van der Waals surface area contributed by atoms with Crippen LogP contribution in [0.3, 0.4) is 0 Å². The van der Waals surface area contributed by atoms with Crippen molar-refractivity contribution in [1.29, 1.82) is 0 Å². The number of benzene rings is 1. The van der Waals surface area contributed by atoms with E-state index in [0.717, 1.165) is 44.2 Å². The lowest BCUT2D eigenvalue weighted by atomic mass is 9.97. The molecule has 0 spiro atoms. The van der Waals surface area contributed by atoms with E-state index >= 15 is 0 Å². The Balaban J connectivity index is 2.08. The maximum atomic E-state index is 10.1. The summed E-state index contributed by atoms with van der Waals surface area (Å²) < 4.78 is 0. The second kappa shape index (κ2) is 4.33. The van der Waals surface area contributed by atoms with Gasteiger partial charge >= 0.3 is 0 Å². The molecule has 0 amide bonds. The van der Waals surface area contributed by atoms with Crippen molar-refractivity contribution in [2.75, 3.05) is 6.54 Å². The molecule has 1 fully saturated rings. The highest BCUT2D eigenvalue weighted by molar-refractivity contribution is 5.35. The molecule has 0 heterocycles. The molecule has 2 rings (SSSR count). The Morgan fingerprint density at radius 2 is 1.93 bits per heavy atom. The summed E-state index contributed by atoms with van der Waals surface area (Å²) in [5, 5.41) is 10.1. The van der Waals surface area contributed by atoms with Gasteiger partial charge in [-0.2, -0.15) is 0 Å². The Morgan fingerprint density at radius 3 is 2.60 bits per heavy atom. The van der Waals surface area contributed by atoms with Gasteiger partial charge in [0.25, 0.3) is 0 Å². The topological polar surface area (TPSA) is 46.2 Å². The first-order valence-corrected chi connectivity index (χ1v) is 5.77. The van der Waals surface area contributed by atoms with Crippen LogP contribution in [0.1, 0.15) is 36.8 Å². The number of aliphatic hydroxyl groups is 1. The molecule has 0 saturated heterocycles. The second-order valence-electron chi connectivity index (χ2n) is 4.43. The lowest BCUT2D eigenvalue weighted by molar-refractivity contribution is 0.150. The number of hydrogen-bond acceptors (Lipinski definition) is 2. The third kappa shape index (κ3) is 2.39. The minimum atomic E-state index is -0.501. The Bertz CT molecular complexity index is 331. The quantitative estimate of drug-likeness (QED) is 0.722. The lowest BCUT2D eigenvalue weighted by Gasteiger charge is -2.13. The van der Waals surface area contributed by atoms with Gasteiger partial charge in [0.1, 0.15) is 0 Å². The Labute approximate surface area is 91.1 Å². The van der Waals surface area contributed by atoms with Gasteiger partial charge in [-0.25, -0.2) is 0 Å². The average Bonchev–Trinajstić information content (AvgIpc) is 2.99. The van der Waals surface area contributed by atoms with Crippen molar-refractivity contribution < 1.29 is 5.11 Å². The predicted molar refractivity (Wildman–Crippen MR) is 61.6 cm³/mol. The molecule has 0 aromatic heterocycles. The fourth-order valence-corrected chi connectivity index (χ4v) is 2.04. The highest BCUT2D eigenvalue weighted by atomic mass is 16.3. The molecule has 3 N–H and O–H groups in total. The zero-order valence-corrected chi connectivity index (χ0v) is 9.08. The van der Waals surface area contributed by atoms with E-state index in [2.05, 4.69) is 12.1 Å². The predicted octanol–water partition coefficient (Wildman–Crippen LogP) is 1.95. The fourth-order valence-electron chi connectivity index (χ4n) is 2.04. The van der Waals surface area contributed by atoms with E-state index < -0.39 is 5.60 Å². The number of unbranched alkanes of at least 4 members (excludes halogenated alkanes) is 1. The summed E-state index contributed by atoms with van der Waals surface area (Å²) in [4.78, 5) is 0.